The SMILES string of the molecule is CCOC(=O)c1ccc(-c2cc(O)c(C(CC(C)C)SC3CCCC3)c(=O)o2)cc1. The maximum Gasteiger partial charge on any atom is 0.344 e. The minimum atomic E-state index is -0.490. The minimum absolute atomic E-state index is 0.0214. The van der Waals surface area contributed by atoms with Gasteiger partial charge < -0.3 is 14.3 Å². The molecule has 1 unspecified atom stereocenters. The third kappa shape index (κ3) is 5.48. The quantitative estimate of drug-likeness (QED) is 0.521. The number of carbonyl (C=O) groups is 1. The van der Waals surface area contributed by atoms with E-state index in [0.717, 1.165) is 19.3 Å². The smallest absolute Gasteiger partial charge is 0.344 e. The summed E-state index contributed by atoms with van der Waals surface area (Å²) in [4.78, 5) is 24.7. The molecule has 0 amide bonds. The molecule has 1 fully saturated rings. The van der Waals surface area contributed by atoms with E-state index in [1.165, 1.54) is 18.9 Å². The summed E-state index contributed by atoms with van der Waals surface area (Å²) in [5.41, 5.74) is 0.919. The van der Waals surface area contributed by atoms with Gasteiger partial charge in [0.1, 0.15) is 11.5 Å². The van der Waals surface area contributed by atoms with Crippen LogP contribution in [0.5, 0.6) is 5.75 Å². The van der Waals surface area contributed by atoms with Crippen LogP contribution in [0.2, 0.25) is 0 Å². The second kappa shape index (κ2) is 10.2. The zero-order chi connectivity index (χ0) is 21.7. The van der Waals surface area contributed by atoms with Crippen molar-refractivity contribution >= 4 is 17.7 Å². The monoisotopic (exact) mass is 430 g/mol. The molecule has 0 bridgehead atoms. The van der Waals surface area contributed by atoms with E-state index in [1.54, 1.807) is 43.0 Å². The van der Waals surface area contributed by atoms with Crippen LogP contribution < -0.4 is 5.63 Å². The van der Waals surface area contributed by atoms with Gasteiger partial charge in [-0.1, -0.05) is 38.8 Å². The molecule has 0 radical (unpaired) electrons. The highest BCUT2D eigenvalue weighted by Gasteiger charge is 2.28. The van der Waals surface area contributed by atoms with Crippen LogP contribution in [0.25, 0.3) is 11.3 Å². The Balaban J connectivity index is 1.88. The van der Waals surface area contributed by atoms with Crippen molar-refractivity contribution in [1.82, 2.24) is 0 Å². The lowest BCUT2D eigenvalue weighted by Gasteiger charge is -2.22. The molecule has 1 aliphatic carbocycles. The first kappa shape index (κ1) is 22.5. The Morgan fingerprint density at radius 1 is 1.23 bits per heavy atom. The lowest BCUT2D eigenvalue weighted by atomic mass is 10.0. The predicted molar refractivity (Wildman–Crippen MR) is 120 cm³/mol. The molecular weight excluding hydrogens is 400 g/mol. The summed E-state index contributed by atoms with van der Waals surface area (Å²) in [6.07, 6.45) is 5.60. The topological polar surface area (TPSA) is 76.7 Å². The number of carbonyl (C=O) groups excluding carboxylic acids is 1. The van der Waals surface area contributed by atoms with Crippen molar-refractivity contribution in [3.63, 3.8) is 0 Å². The van der Waals surface area contributed by atoms with Gasteiger partial charge in [0.15, 0.2) is 0 Å². The fourth-order valence-electron chi connectivity index (χ4n) is 3.84. The highest BCUT2D eigenvalue weighted by Crippen LogP contribution is 2.44. The summed E-state index contributed by atoms with van der Waals surface area (Å²) in [5.74, 6) is 0.264. The first-order chi connectivity index (χ1) is 14.4. The summed E-state index contributed by atoms with van der Waals surface area (Å²) < 4.78 is 10.6. The number of benzene rings is 1. The van der Waals surface area contributed by atoms with Crippen LogP contribution in [0.1, 0.15) is 74.0 Å². The highest BCUT2D eigenvalue weighted by molar-refractivity contribution is 8.00. The molecule has 6 heteroatoms. The van der Waals surface area contributed by atoms with Gasteiger partial charge in [0, 0.05) is 22.1 Å². The Morgan fingerprint density at radius 2 is 1.90 bits per heavy atom. The number of esters is 1. The van der Waals surface area contributed by atoms with Crippen LogP contribution >= 0.6 is 11.8 Å². The molecule has 1 aromatic heterocycles. The Bertz CT molecular complexity index is 910. The first-order valence-electron chi connectivity index (χ1n) is 10.7. The average molecular weight is 431 g/mol. The predicted octanol–water partition coefficient (Wildman–Crippen LogP) is 5.95. The van der Waals surface area contributed by atoms with Crippen molar-refractivity contribution in [2.45, 2.75) is 63.4 Å². The maximum atomic E-state index is 12.9. The molecule has 0 saturated heterocycles. The summed E-state index contributed by atoms with van der Waals surface area (Å²) in [6.45, 7) is 6.31. The van der Waals surface area contributed by atoms with Crippen molar-refractivity contribution in [2.24, 2.45) is 5.92 Å². The van der Waals surface area contributed by atoms with E-state index >= 15 is 0 Å². The molecule has 1 saturated carbocycles. The molecule has 1 heterocycles. The largest absolute Gasteiger partial charge is 0.507 e. The number of thioether (sulfide) groups is 1. The van der Waals surface area contributed by atoms with E-state index in [9.17, 15) is 14.7 Å². The number of hydrogen-bond acceptors (Lipinski definition) is 6. The third-order valence-electron chi connectivity index (χ3n) is 5.31. The lowest BCUT2D eigenvalue weighted by molar-refractivity contribution is 0.0526. The highest BCUT2D eigenvalue weighted by atomic mass is 32.2. The standard InChI is InChI=1S/C24H30O5S/c1-4-28-23(26)17-11-9-16(10-12-17)20-14-19(25)22(24(27)29-20)21(13-15(2)3)30-18-7-5-6-8-18/h9-12,14-15,18,21,25H,4-8,13H2,1-3H3. The zero-order valence-corrected chi connectivity index (χ0v) is 18.7. The fraction of sp³-hybridized carbons (Fsp3) is 0.500. The molecule has 1 aromatic carbocycles. The maximum absolute atomic E-state index is 12.9. The van der Waals surface area contributed by atoms with Gasteiger partial charge in [0.05, 0.1) is 17.7 Å². The van der Waals surface area contributed by atoms with Crippen LogP contribution in [0.15, 0.2) is 39.5 Å². The van der Waals surface area contributed by atoms with E-state index in [-0.39, 0.29) is 16.8 Å². The molecular formula is C24H30O5S. The fourth-order valence-corrected chi connectivity index (χ4v) is 5.76. The summed E-state index contributed by atoms with van der Waals surface area (Å²) in [7, 11) is 0. The Hall–Kier alpha value is -2.21. The Labute approximate surface area is 181 Å². The molecule has 30 heavy (non-hydrogen) atoms. The van der Waals surface area contributed by atoms with E-state index < -0.39 is 11.6 Å². The second-order valence-corrected chi connectivity index (χ2v) is 9.66. The van der Waals surface area contributed by atoms with Gasteiger partial charge in [-0.05, 0) is 44.2 Å². The molecule has 2 aromatic rings. The Morgan fingerprint density at radius 3 is 2.47 bits per heavy atom. The van der Waals surface area contributed by atoms with Crippen LogP contribution in [-0.2, 0) is 4.74 Å². The molecule has 5 nitrogen and oxygen atoms in total. The Kier molecular flexibility index (Phi) is 7.64. The molecule has 0 spiro atoms. The molecule has 0 aliphatic heterocycles. The van der Waals surface area contributed by atoms with Gasteiger partial charge in [-0.3, -0.25) is 0 Å². The van der Waals surface area contributed by atoms with Gasteiger partial charge in [-0.25, -0.2) is 9.59 Å². The van der Waals surface area contributed by atoms with Crippen LogP contribution in [0.3, 0.4) is 0 Å². The summed E-state index contributed by atoms with van der Waals surface area (Å²) in [6, 6.07) is 8.12. The van der Waals surface area contributed by atoms with Crippen molar-refractivity contribution in [3.05, 3.63) is 51.9 Å². The van der Waals surface area contributed by atoms with E-state index in [4.69, 9.17) is 9.15 Å². The molecule has 3 rings (SSSR count). The van der Waals surface area contributed by atoms with Crippen molar-refractivity contribution in [2.75, 3.05) is 6.61 Å². The first-order valence-corrected chi connectivity index (χ1v) is 11.6. The molecule has 1 aliphatic rings. The number of hydrogen-bond donors (Lipinski definition) is 1. The van der Waals surface area contributed by atoms with Gasteiger partial charge in [0.2, 0.25) is 0 Å². The normalized spacial score (nSPS) is 15.5. The average Bonchev–Trinajstić information content (AvgIpc) is 3.20. The van der Waals surface area contributed by atoms with Gasteiger partial charge in [-0.2, -0.15) is 0 Å². The van der Waals surface area contributed by atoms with Crippen LogP contribution in [-0.4, -0.2) is 22.9 Å². The summed E-state index contributed by atoms with van der Waals surface area (Å²) in [5, 5.41) is 11.2. The number of rotatable bonds is 8. The molecule has 162 valence electrons. The van der Waals surface area contributed by atoms with Gasteiger partial charge >= 0.3 is 11.6 Å². The summed E-state index contributed by atoms with van der Waals surface area (Å²) >= 11 is 1.80. The second-order valence-electron chi connectivity index (χ2n) is 8.16. The molecule has 1 N–H and O–H groups in total. The number of aromatic hydroxyl groups is 1. The van der Waals surface area contributed by atoms with Gasteiger partial charge in [-0.15, -0.1) is 11.8 Å². The minimum Gasteiger partial charge on any atom is -0.507 e. The van der Waals surface area contributed by atoms with E-state index in [0.29, 0.717) is 34.5 Å². The van der Waals surface area contributed by atoms with Crippen LogP contribution in [0, 0.1) is 5.92 Å². The van der Waals surface area contributed by atoms with Gasteiger partial charge in [0.25, 0.3) is 0 Å². The van der Waals surface area contributed by atoms with E-state index in [2.05, 4.69) is 13.8 Å². The van der Waals surface area contributed by atoms with Crippen LogP contribution in [0.4, 0.5) is 0 Å². The van der Waals surface area contributed by atoms with E-state index in [1.807, 2.05) is 0 Å². The van der Waals surface area contributed by atoms with Crippen molar-refractivity contribution < 1.29 is 19.1 Å². The lowest BCUT2D eigenvalue weighted by Crippen LogP contribution is -2.15. The molecule has 1 atom stereocenters. The zero-order valence-electron chi connectivity index (χ0n) is 17.8. The van der Waals surface area contributed by atoms with Crippen molar-refractivity contribution in [3.8, 4) is 17.1 Å². The number of ether oxygens (including phenoxy) is 1. The third-order valence-corrected chi connectivity index (χ3v) is 6.93. The van der Waals surface area contributed by atoms with Crippen molar-refractivity contribution in [1.29, 1.82) is 0 Å².